The van der Waals surface area contributed by atoms with E-state index in [1.807, 2.05) is 18.2 Å². The maximum atomic E-state index is 9.82. The van der Waals surface area contributed by atoms with Crippen LogP contribution in [0.3, 0.4) is 0 Å². The van der Waals surface area contributed by atoms with Crippen molar-refractivity contribution in [2.24, 2.45) is 0 Å². The number of phenols is 2. The van der Waals surface area contributed by atoms with Gasteiger partial charge < -0.3 is 14.8 Å². The molecule has 3 aromatic carbocycles. The van der Waals surface area contributed by atoms with Gasteiger partial charge in [-0.1, -0.05) is 18.2 Å². The van der Waals surface area contributed by atoms with Gasteiger partial charge in [-0.25, -0.2) is 0 Å². The van der Waals surface area contributed by atoms with E-state index < -0.39 is 0 Å². The Hall–Kier alpha value is -2.68. The normalized spacial score (nSPS) is 11.7. The van der Waals surface area contributed by atoms with Gasteiger partial charge in [0.2, 0.25) is 0 Å². The average Bonchev–Trinajstić information content (AvgIpc) is 2.80. The van der Waals surface area contributed by atoms with E-state index in [2.05, 4.69) is 23.6 Å². The van der Waals surface area contributed by atoms with Crippen molar-refractivity contribution < 1.29 is 10.2 Å². The summed E-state index contributed by atoms with van der Waals surface area (Å²) in [5, 5.41) is 23.9. The number of aromatic hydroxyl groups is 2. The predicted molar refractivity (Wildman–Crippen MR) is 86.0 cm³/mol. The predicted octanol–water partition coefficient (Wildman–Crippen LogP) is 4.38. The minimum absolute atomic E-state index is 0.269. The smallest absolute Gasteiger partial charge is 0.116 e. The molecule has 4 aromatic rings. The molecule has 0 bridgehead atoms. The van der Waals surface area contributed by atoms with E-state index in [1.54, 1.807) is 18.2 Å². The minimum atomic E-state index is 0.269. The first kappa shape index (κ1) is 12.1. The molecule has 0 radical (unpaired) electrons. The van der Waals surface area contributed by atoms with Crippen LogP contribution in [0.5, 0.6) is 11.5 Å². The molecule has 0 saturated carbocycles. The number of benzene rings is 3. The quantitative estimate of drug-likeness (QED) is 0.542. The van der Waals surface area contributed by atoms with Gasteiger partial charge in [0.05, 0.1) is 5.52 Å². The van der Waals surface area contributed by atoms with E-state index in [-0.39, 0.29) is 11.5 Å². The molecule has 104 valence electrons. The van der Waals surface area contributed by atoms with Crippen LogP contribution in [-0.4, -0.2) is 14.8 Å². The lowest BCUT2D eigenvalue weighted by Gasteiger charge is -2.06. The SMILES string of the molecule is CCn1c2ccc(O)cc2c2ccc3ccc(O)cc3c21. The summed E-state index contributed by atoms with van der Waals surface area (Å²) in [6.45, 7) is 2.94. The van der Waals surface area contributed by atoms with Crippen molar-refractivity contribution in [1.82, 2.24) is 4.57 Å². The van der Waals surface area contributed by atoms with Gasteiger partial charge in [-0.15, -0.1) is 0 Å². The summed E-state index contributed by atoms with van der Waals surface area (Å²) >= 11 is 0. The van der Waals surface area contributed by atoms with Crippen LogP contribution in [0, 0.1) is 0 Å². The maximum Gasteiger partial charge on any atom is 0.116 e. The summed E-state index contributed by atoms with van der Waals surface area (Å²) in [5.74, 6) is 0.541. The van der Waals surface area contributed by atoms with Crippen molar-refractivity contribution >= 4 is 32.6 Å². The minimum Gasteiger partial charge on any atom is -0.508 e. The number of hydrogen-bond acceptors (Lipinski definition) is 2. The highest BCUT2D eigenvalue weighted by atomic mass is 16.3. The molecule has 3 heteroatoms. The topological polar surface area (TPSA) is 45.4 Å². The Balaban J connectivity index is 2.32. The molecule has 4 rings (SSSR count). The summed E-state index contributed by atoms with van der Waals surface area (Å²) < 4.78 is 2.23. The van der Waals surface area contributed by atoms with Gasteiger partial charge >= 0.3 is 0 Å². The largest absolute Gasteiger partial charge is 0.508 e. The van der Waals surface area contributed by atoms with Crippen LogP contribution in [0.4, 0.5) is 0 Å². The third-order valence-electron chi connectivity index (χ3n) is 4.12. The van der Waals surface area contributed by atoms with Gasteiger partial charge in [0.15, 0.2) is 0 Å². The number of aryl methyl sites for hydroxylation is 1. The highest BCUT2D eigenvalue weighted by molar-refractivity contribution is 6.18. The summed E-state index contributed by atoms with van der Waals surface area (Å²) in [5.41, 5.74) is 2.20. The molecule has 1 heterocycles. The van der Waals surface area contributed by atoms with Crippen molar-refractivity contribution in [2.45, 2.75) is 13.5 Å². The van der Waals surface area contributed by atoms with Crippen molar-refractivity contribution in [3.05, 3.63) is 48.5 Å². The second kappa shape index (κ2) is 4.16. The van der Waals surface area contributed by atoms with Gasteiger partial charge in [0.25, 0.3) is 0 Å². The lowest BCUT2D eigenvalue weighted by Crippen LogP contribution is -1.93. The number of aromatic nitrogens is 1. The van der Waals surface area contributed by atoms with Crippen molar-refractivity contribution in [2.75, 3.05) is 0 Å². The highest BCUT2D eigenvalue weighted by Gasteiger charge is 2.13. The fourth-order valence-electron chi connectivity index (χ4n) is 3.22. The lowest BCUT2D eigenvalue weighted by atomic mass is 10.1. The first-order valence-electron chi connectivity index (χ1n) is 7.05. The molecule has 0 unspecified atom stereocenters. The van der Waals surface area contributed by atoms with Gasteiger partial charge in [-0.2, -0.15) is 0 Å². The zero-order valence-electron chi connectivity index (χ0n) is 11.7. The maximum absolute atomic E-state index is 9.82. The summed E-state index contributed by atoms with van der Waals surface area (Å²) in [6, 6.07) is 15.1. The average molecular weight is 277 g/mol. The molecular weight excluding hydrogens is 262 g/mol. The van der Waals surface area contributed by atoms with Crippen LogP contribution in [0.1, 0.15) is 6.92 Å². The summed E-state index contributed by atoms with van der Waals surface area (Å²) in [6.07, 6.45) is 0. The zero-order chi connectivity index (χ0) is 14.6. The van der Waals surface area contributed by atoms with E-state index in [4.69, 9.17) is 0 Å². The molecule has 0 aliphatic rings. The molecule has 0 amide bonds. The second-order valence-corrected chi connectivity index (χ2v) is 5.31. The van der Waals surface area contributed by atoms with Crippen molar-refractivity contribution in [3.63, 3.8) is 0 Å². The van der Waals surface area contributed by atoms with E-state index in [9.17, 15) is 10.2 Å². The molecule has 0 spiro atoms. The Labute approximate surface area is 121 Å². The van der Waals surface area contributed by atoms with Gasteiger partial charge in [0.1, 0.15) is 11.5 Å². The fourth-order valence-corrected chi connectivity index (χ4v) is 3.22. The van der Waals surface area contributed by atoms with Crippen LogP contribution < -0.4 is 0 Å². The molecule has 0 saturated heterocycles. The first-order valence-corrected chi connectivity index (χ1v) is 7.05. The monoisotopic (exact) mass is 277 g/mol. The highest BCUT2D eigenvalue weighted by Crippen LogP contribution is 2.36. The van der Waals surface area contributed by atoms with Gasteiger partial charge in [-0.3, -0.25) is 0 Å². The second-order valence-electron chi connectivity index (χ2n) is 5.31. The van der Waals surface area contributed by atoms with E-state index in [0.29, 0.717) is 0 Å². The standard InChI is InChI=1S/C18H15NO2/c1-2-19-17-8-6-13(21)10-16(17)14-7-4-11-3-5-12(20)9-15(11)18(14)19/h3-10,20-21H,2H2,1H3. The van der Waals surface area contributed by atoms with E-state index in [0.717, 1.165) is 39.1 Å². The first-order chi connectivity index (χ1) is 10.2. The Morgan fingerprint density at radius 3 is 2.24 bits per heavy atom. The third kappa shape index (κ3) is 1.61. The van der Waals surface area contributed by atoms with Crippen LogP contribution in [0.2, 0.25) is 0 Å². The summed E-state index contributed by atoms with van der Waals surface area (Å²) in [4.78, 5) is 0. The number of rotatable bonds is 1. The number of nitrogens with zero attached hydrogens (tertiary/aromatic N) is 1. The van der Waals surface area contributed by atoms with Crippen molar-refractivity contribution in [1.29, 1.82) is 0 Å². The zero-order valence-corrected chi connectivity index (χ0v) is 11.7. The Morgan fingerprint density at radius 1 is 0.810 bits per heavy atom. The van der Waals surface area contributed by atoms with Gasteiger partial charge in [0, 0.05) is 28.2 Å². The molecule has 3 nitrogen and oxygen atoms in total. The van der Waals surface area contributed by atoms with Crippen LogP contribution in [-0.2, 0) is 6.54 Å². The Morgan fingerprint density at radius 2 is 1.48 bits per heavy atom. The molecule has 0 fully saturated rings. The molecule has 0 atom stereocenters. The summed E-state index contributed by atoms with van der Waals surface area (Å²) in [7, 11) is 0. The number of hydrogen-bond donors (Lipinski definition) is 2. The molecule has 0 aliphatic carbocycles. The van der Waals surface area contributed by atoms with Crippen LogP contribution in [0.15, 0.2) is 48.5 Å². The van der Waals surface area contributed by atoms with Crippen molar-refractivity contribution in [3.8, 4) is 11.5 Å². The Kier molecular flexibility index (Phi) is 2.39. The molecule has 2 N–H and O–H groups in total. The van der Waals surface area contributed by atoms with Crippen LogP contribution in [0.25, 0.3) is 32.6 Å². The molecular formula is C18H15NO2. The van der Waals surface area contributed by atoms with Gasteiger partial charge in [-0.05, 0) is 42.6 Å². The van der Waals surface area contributed by atoms with E-state index >= 15 is 0 Å². The third-order valence-corrected chi connectivity index (χ3v) is 4.12. The fraction of sp³-hybridized carbons (Fsp3) is 0.111. The number of fused-ring (bicyclic) bond motifs is 5. The molecule has 1 aromatic heterocycles. The Bertz CT molecular complexity index is 999. The van der Waals surface area contributed by atoms with E-state index in [1.165, 1.54) is 0 Å². The molecule has 21 heavy (non-hydrogen) atoms. The molecule has 0 aliphatic heterocycles. The lowest BCUT2D eigenvalue weighted by molar-refractivity contribution is 0.475. The van der Waals surface area contributed by atoms with Crippen LogP contribution >= 0.6 is 0 Å². The number of phenolic OH excluding ortho intramolecular Hbond substituents is 2.